The fourth-order valence-corrected chi connectivity index (χ4v) is 3.28. The fourth-order valence-electron chi connectivity index (χ4n) is 3.28. The summed E-state index contributed by atoms with van der Waals surface area (Å²) in [5.41, 5.74) is 0. The minimum Gasteiger partial charge on any atom is -0.351 e. The molecule has 4 heteroatoms. The zero-order valence-corrected chi connectivity index (χ0v) is 11.5. The summed E-state index contributed by atoms with van der Waals surface area (Å²) in [6, 6.07) is 0.598. The molecule has 1 aromatic rings. The third-order valence-corrected chi connectivity index (χ3v) is 4.25. The molecule has 100 valence electrons. The molecule has 2 bridgehead atoms. The number of piperidine rings is 3. The van der Waals surface area contributed by atoms with E-state index in [1.54, 1.807) is 0 Å². The SMILES string of the molecule is CC(C)Cn1ccnc1NC1CN2CCC1CC2. The average molecular weight is 248 g/mol. The first-order valence-electron chi connectivity index (χ1n) is 7.22. The predicted octanol–water partition coefficient (Wildman–Crippen LogP) is 2.05. The van der Waals surface area contributed by atoms with Gasteiger partial charge in [-0.1, -0.05) is 13.8 Å². The van der Waals surface area contributed by atoms with Crippen LogP contribution in [0.2, 0.25) is 0 Å². The Bertz CT molecular complexity index is 390. The third-order valence-electron chi connectivity index (χ3n) is 4.25. The Morgan fingerprint density at radius 1 is 1.39 bits per heavy atom. The first-order chi connectivity index (χ1) is 8.72. The van der Waals surface area contributed by atoms with Crippen LogP contribution in [0.5, 0.6) is 0 Å². The second kappa shape index (κ2) is 4.92. The van der Waals surface area contributed by atoms with Crippen molar-refractivity contribution in [2.45, 2.75) is 39.3 Å². The van der Waals surface area contributed by atoms with E-state index in [9.17, 15) is 0 Å². The maximum absolute atomic E-state index is 4.48. The van der Waals surface area contributed by atoms with E-state index in [1.165, 1.54) is 32.5 Å². The molecule has 3 saturated heterocycles. The molecule has 0 aliphatic carbocycles. The molecular formula is C14H24N4. The Morgan fingerprint density at radius 2 is 2.17 bits per heavy atom. The molecular weight excluding hydrogens is 224 g/mol. The number of nitrogens with zero attached hydrogens (tertiary/aromatic N) is 3. The van der Waals surface area contributed by atoms with Gasteiger partial charge in [-0.25, -0.2) is 4.98 Å². The lowest BCUT2D eigenvalue weighted by atomic mass is 9.84. The molecule has 0 spiro atoms. The van der Waals surface area contributed by atoms with Gasteiger partial charge < -0.3 is 14.8 Å². The zero-order valence-electron chi connectivity index (χ0n) is 11.5. The average Bonchev–Trinajstić information content (AvgIpc) is 2.77. The number of hydrogen-bond donors (Lipinski definition) is 1. The molecule has 4 heterocycles. The third kappa shape index (κ3) is 2.39. The lowest BCUT2D eigenvalue weighted by Gasteiger charge is -2.45. The fraction of sp³-hybridized carbons (Fsp3) is 0.786. The number of rotatable bonds is 4. The van der Waals surface area contributed by atoms with Gasteiger partial charge in [0.05, 0.1) is 0 Å². The van der Waals surface area contributed by atoms with Crippen LogP contribution in [0, 0.1) is 11.8 Å². The van der Waals surface area contributed by atoms with Crippen molar-refractivity contribution in [3.8, 4) is 0 Å². The number of nitrogens with one attached hydrogen (secondary N) is 1. The predicted molar refractivity (Wildman–Crippen MR) is 73.6 cm³/mol. The molecule has 3 aliphatic heterocycles. The van der Waals surface area contributed by atoms with E-state index in [1.807, 2.05) is 6.20 Å². The molecule has 4 rings (SSSR count). The van der Waals surface area contributed by atoms with E-state index < -0.39 is 0 Å². The van der Waals surface area contributed by atoms with Crippen molar-refractivity contribution in [1.29, 1.82) is 0 Å². The number of anilines is 1. The smallest absolute Gasteiger partial charge is 0.203 e. The summed E-state index contributed by atoms with van der Waals surface area (Å²) in [7, 11) is 0. The number of hydrogen-bond acceptors (Lipinski definition) is 3. The van der Waals surface area contributed by atoms with Gasteiger partial charge in [-0.05, 0) is 37.8 Å². The molecule has 18 heavy (non-hydrogen) atoms. The Kier molecular flexibility index (Phi) is 3.29. The van der Waals surface area contributed by atoms with E-state index in [2.05, 4.69) is 39.8 Å². The lowest BCUT2D eigenvalue weighted by molar-refractivity contribution is 0.0970. The van der Waals surface area contributed by atoms with Gasteiger partial charge in [0, 0.05) is 31.5 Å². The second-order valence-corrected chi connectivity index (χ2v) is 6.19. The Hall–Kier alpha value is -1.03. The Labute approximate surface area is 109 Å². The molecule has 3 fully saturated rings. The Balaban J connectivity index is 1.67. The van der Waals surface area contributed by atoms with Crippen LogP contribution in [-0.2, 0) is 6.54 Å². The number of imidazole rings is 1. The van der Waals surface area contributed by atoms with Crippen LogP contribution in [-0.4, -0.2) is 40.1 Å². The Morgan fingerprint density at radius 3 is 2.78 bits per heavy atom. The molecule has 1 aromatic heterocycles. The van der Waals surface area contributed by atoms with Crippen LogP contribution in [0.25, 0.3) is 0 Å². The van der Waals surface area contributed by atoms with Gasteiger partial charge in [-0.3, -0.25) is 0 Å². The van der Waals surface area contributed by atoms with Gasteiger partial charge in [0.15, 0.2) is 0 Å². The molecule has 1 N–H and O–H groups in total. The molecule has 1 unspecified atom stereocenters. The standard InChI is InChI=1S/C14H24N4/c1-11(2)9-18-8-5-15-14(18)16-13-10-17-6-3-12(13)4-7-17/h5,8,11-13H,3-4,6-7,9-10H2,1-2H3,(H,15,16). The van der Waals surface area contributed by atoms with Crippen LogP contribution in [0.1, 0.15) is 26.7 Å². The normalized spacial score (nSPS) is 30.9. The molecule has 3 aliphatic rings. The minimum absolute atomic E-state index is 0.598. The molecule has 4 nitrogen and oxygen atoms in total. The largest absolute Gasteiger partial charge is 0.351 e. The van der Waals surface area contributed by atoms with Crippen molar-refractivity contribution in [2.75, 3.05) is 25.0 Å². The maximum atomic E-state index is 4.48. The van der Waals surface area contributed by atoms with Gasteiger partial charge >= 0.3 is 0 Å². The monoisotopic (exact) mass is 248 g/mol. The van der Waals surface area contributed by atoms with Crippen molar-refractivity contribution in [1.82, 2.24) is 14.5 Å². The highest BCUT2D eigenvalue weighted by Gasteiger charge is 2.34. The van der Waals surface area contributed by atoms with Crippen molar-refractivity contribution in [3.63, 3.8) is 0 Å². The summed E-state index contributed by atoms with van der Waals surface area (Å²) in [6.45, 7) is 9.32. The summed E-state index contributed by atoms with van der Waals surface area (Å²) >= 11 is 0. The van der Waals surface area contributed by atoms with Gasteiger partial charge in [0.1, 0.15) is 0 Å². The highest BCUT2D eigenvalue weighted by atomic mass is 15.3. The molecule has 0 radical (unpaired) electrons. The quantitative estimate of drug-likeness (QED) is 0.885. The van der Waals surface area contributed by atoms with Crippen LogP contribution in [0.4, 0.5) is 5.95 Å². The van der Waals surface area contributed by atoms with Gasteiger partial charge in [-0.2, -0.15) is 0 Å². The first kappa shape index (κ1) is 12.0. The van der Waals surface area contributed by atoms with E-state index >= 15 is 0 Å². The summed E-state index contributed by atoms with van der Waals surface area (Å²) in [5.74, 6) is 2.56. The van der Waals surface area contributed by atoms with E-state index in [-0.39, 0.29) is 0 Å². The molecule has 1 atom stereocenters. The summed E-state index contributed by atoms with van der Waals surface area (Å²) in [6.07, 6.45) is 6.70. The van der Waals surface area contributed by atoms with Crippen LogP contribution < -0.4 is 5.32 Å². The topological polar surface area (TPSA) is 33.1 Å². The lowest BCUT2D eigenvalue weighted by Crippen LogP contribution is -2.53. The van der Waals surface area contributed by atoms with Gasteiger partial charge in [0.25, 0.3) is 0 Å². The highest BCUT2D eigenvalue weighted by Crippen LogP contribution is 2.29. The summed E-state index contributed by atoms with van der Waals surface area (Å²) < 4.78 is 2.25. The maximum Gasteiger partial charge on any atom is 0.203 e. The molecule has 0 aromatic carbocycles. The highest BCUT2D eigenvalue weighted by molar-refractivity contribution is 5.29. The van der Waals surface area contributed by atoms with Crippen molar-refractivity contribution < 1.29 is 0 Å². The van der Waals surface area contributed by atoms with Crippen molar-refractivity contribution in [3.05, 3.63) is 12.4 Å². The number of fused-ring (bicyclic) bond motifs is 3. The summed E-state index contributed by atoms with van der Waals surface area (Å²) in [4.78, 5) is 7.06. The van der Waals surface area contributed by atoms with E-state index in [0.29, 0.717) is 12.0 Å². The summed E-state index contributed by atoms with van der Waals surface area (Å²) in [5, 5.41) is 3.68. The van der Waals surface area contributed by atoms with Gasteiger partial charge in [-0.15, -0.1) is 0 Å². The number of aromatic nitrogens is 2. The van der Waals surface area contributed by atoms with Crippen LogP contribution in [0.3, 0.4) is 0 Å². The van der Waals surface area contributed by atoms with Gasteiger partial charge in [0.2, 0.25) is 5.95 Å². The van der Waals surface area contributed by atoms with Crippen molar-refractivity contribution >= 4 is 5.95 Å². The second-order valence-electron chi connectivity index (χ2n) is 6.19. The van der Waals surface area contributed by atoms with E-state index in [4.69, 9.17) is 0 Å². The molecule has 0 saturated carbocycles. The van der Waals surface area contributed by atoms with Crippen LogP contribution in [0.15, 0.2) is 12.4 Å². The molecule has 0 amide bonds. The minimum atomic E-state index is 0.598. The van der Waals surface area contributed by atoms with Crippen LogP contribution >= 0.6 is 0 Å². The van der Waals surface area contributed by atoms with Crippen molar-refractivity contribution in [2.24, 2.45) is 11.8 Å². The van der Waals surface area contributed by atoms with E-state index in [0.717, 1.165) is 18.4 Å². The zero-order chi connectivity index (χ0) is 12.5. The first-order valence-corrected chi connectivity index (χ1v) is 7.22.